The Morgan fingerprint density at radius 3 is 2.89 bits per heavy atom. The van der Waals surface area contributed by atoms with Crippen molar-refractivity contribution < 1.29 is 28.2 Å². The van der Waals surface area contributed by atoms with Crippen molar-refractivity contribution in [3.05, 3.63) is 12.7 Å². The van der Waals surface area contributed by atoms with Crippen molar-refractivity contribution in [1.82, 2.24) is 0 Å². The lowest BCUT2D eigenvalue weighted by atomic mass is 9.79. The molecule has 1 saturated heterocycles. The molecule has 6 heteroatoms. The van der Waals surface area contributed by atoms with Crippen molar-refractivity contribution in [2.45, 2.75) is 49.6 Å². The standard InChI is InChI=1S/C13H16F2O4/c1-2-9(16)18-12-6-13(17,11(14)15)19-10(12)7-3-4-8(12)5-7/h2,7-8,10-11,17H,1,3-6H2. The second-order valence-electron chi connectivity index (χ2n) is 5.71. The van der Waals surface area contributed by atoms with Crippen LogP contribution in [0.5, 0.6) is 0 Å². The van der Waals surface area contributed by atoms with E-state index in [1.54, 1.807) is 0 Å². The lowest BCUT2D eigenvalue weighted by molar-refractivity contribution is -0.263. The Bertz CT molecular complexity index is 427. The molecule has 3 aliphatic rings. The van der Waals surface area contributed by atoms with Crippen LogP contribution in [0.2, 0.25) is 0 Å². The number of carbonyl (C=O) groups excluding carboxylic acids is 1. The molecule has 3 fully saturated rings. The van der Waals surface area contributed by atoms with E-state index >= 15 is 0 Å². The van der Waals surface area contributed by atoms with Gasteiger partial charge in [0.25, 0.3) is 6.43 Å². The maximum atomic E-state index is 13.0. The second-order valence-corrected chi connectivity index (χ2v) is 5.71. The summed E-state index contributed by atoms with van der Waals surface area (Å²) >= 11 is 0. The van der Waals surface area contributed by atoms with E-state index in [4.69, 9.17) is 9.47 Å². The minimum Gasteiger partial charge on any atom is -0.453 e. The SMILES string of the molecule is C=CC(=O)OC12CC(O)(C(F)F)OC1C1CCC2C1. The molecule has 2 saturated carbocycles. The number of rotatable bonds is 3. The highest BCUT2D eigenvalue weighted by Crippen LogP contribution is 2.61. The maximum Gasteiger partial charge on any atom is 0.330 e. The highest BCUT2D eigenvalue weighted by Gasteiger charge is 2.71. The molecule has 0 amide bonds. The number of carbonyl (C=O) groups is 1. The van der Waals surface area contributed by atoms with E-state index in [0.29, 0.717) is 0 Å². The molecule has 1 N–H and O–H groups in total. The van der Waals surface area contributed by atoms with Crippen LogP contribution in [0.3, 0.4) is 0 Å². The molecule has 1 aliphatic heterocycles. The topological polar surface area (TPSA) is 55.8 Å². The average Bonchev–Trinajstić information content (AvgIpc) is 2.98. The third kappa shape index (κ3) is 1.66. The molecule has 2 bridgehead atoms. The van der Waals surface area contributed by atoms with E-state index in [-0.39, 0.29) is 18.3 Å². The summed E-state index contributed by atoms with van der Waals surface area (Å²) in [7, 11) is 0. The first kappa shape index (κ1) is 13.0. The molecule has 106 valence electrons. The molecular formula is C13H16F2O4. The van der Waals surface area contributed by atoms with E-state index in [9.17, 15) is 18.7 Å². The lowest BCUT2D eigenvalue weighted by Crippen LogP contribution is -2.47. The molecule has 0 aromatic heterocycles. The fourth-order valence-corrected chi connectivity index (χ4v) is 4.00. The number of alkyl halides is 2. The molecule has 0 aromatic rings. The number of halogens is 2. The largest absolute Gasteiger partial charge is 0.453 e. The zero-order valence-electron chi connectivity index (χ0n) is 10.4. The van der Waals surface area contributed by atoms with Crippen molar-refractivity contribution >= 4 is 5.97 Å². The predicted molar refractivity (Wildman–Crippen MR) is 60.3 cm³/mol. The van der Waals surface area contributed by atoms with Crippen molar-refractivity contribution in [3.63, 3.8) is 0 Å². The first-order chi connectivity index (χ1) is 8.91. The molecule has 2 aliphatic carbocycles. The van der Waals surface area contributed by atoms with Gasteiger partial charge in [-0.3, -0.25) is 0 Å². The highest BCUT2D eigenvalue weighted by atomic mass is 19.3. The number of esters is 1. The van der Waals surface area contributed by atoms with Gasteiger partial charge in [0, 0.05) is 12.0 Å². The summed E-state index contributed by atoms with van der Waals surface area (Å²) in [4.78, 5) is 11.5. The number of fused-ring (bicyclic) bond motifs is 5. The third-order valence-corrected chi connectivity index (χ3v) is 4.73. The van der Waals surface area contributed by atoms with E-state index in [2.05, 4.69) is 6.58 Å². The van der Waals surface area contributed by atoms with Crippen LogP contribution in [0, 0.1) is 11.8 Å². The van der Waals surface area contributed by atoms with E-state index in [1.807, 2.05) is 0 Å². The molecular weight excluding hydrogens is 258 g/mol. The minimum absolute atomic E-state index is 0.0147. The first-order valence-corrected chi connectivity index (χ1v) is 6.45. The van der Waals surface area contributed by atoms with Crippen LogP contribution in [0.15, 0.2) is 12.7 Å². The van der Waals surface area contributed by atoms with Gasteiger partial charge in [0.1, 0.15) is 11.7 Å². The normalized spacial score (nSPS) is 47.5. The van der Waals surface area contributed by atoms with Gasteiger partial charge < -0.3 is 14.6 Å². The zero-order valence-corrected chi connectivity index (χ0v) is 10.4. The van der Waals surface area contributed by atoms with Crippen LogP contribution in [0.4, 0.5) is 8.78 Å². The van der Waals surface area contributed by atoms with Gasteiger partial charge in [0.2, 0.25) is 5.79 Å². The zero-order chi connectivity index (χ0) is 13.8. The van der Waals surface area contributed by atoms with Gasteiger partial charge in [-0.2, -0.15) is 0 Å². The number of hydrogen-bond donors (Lipinski definition) is 1. The van der Waals surface area contributed by atoms with E-state index in [1.165, 1.54) is 0 Å². The van der Waals surface area contributed by atoms with Gasteiger partial charge in [0.15, 0.2) is 0 Å². The summed E-state index contributed by atoms with van der Waals surface area (Å²) in [6.07, 6.45) is -0.517. The molecule has 0 radical (unpaired) electrons. The molecule has 3 rings (SSSR count). The van der Waals surface area contributed by atoms with Crippen LogP contribution in [0.25, 0.3) is 0 Å². The third-order valence-electron chi connectivity index (χ3n) is 4.73. The molecule has 19 heavy (non-hydrogen) atoms. The fourth-order valence-electron chi connectivity index (χ4n) is 4.00. The summed E-state index contributed by atoms with van der Waals surface area (Å²) in [5.41, 5.74) is -1.11. The molecule has 4 nitrogen and oxygen atoms in total. The summed E-state index contributed by atoms with van der Waals surface area (Å²) in [6, 6.07) is 0. The average molecular weight is 274 g/mol. The molecule has 0 spiro atoms. The van der Waals surface area contributed by atoms with Gasteiger partial charge >= 0.3 is 5.97 Å². The van der Waals surface area contributed by atoms with Gasteiger partial charge in [-0.15, -0.1) is 0 Å². The van der Waals surface area contributed by atoms with Crippen molar-refractivity contribution in [2.75, 3.05) is 0 Å². The summed E-state index contributed by atoms with van der Waals surface area (Å²) in [6.45, 7) is 3.32. The van der Waals surface area contributed by atoms with Gasteiger partial charge in [-0.25, -0.2) is 13.6 Å². The predicted octanol–water partition coefficient (Wildman–Crippen LogP) is 1.63. The summed E-state index contributed by atoms with van der Waals surface area (Å²) < 4.78 is 36.5. The van der Waals surface area contributed by atoms with Crippen LogP contribution in [-0.2, 0) is 14.3 Å². The Kier molecular flexibility index (Phi) is 2.73. The maximum absolute atomic E-state index is 13.0. The van der Waals surface area contributed by atoms with Crippen molar-refractivity contribution in [3.8, 4) is 0 Å². The lowest BCUT2D eigenvalue weighted by Gasteiger charge is -2.36. The Hall–Kier alpha value is -1.01. The van der Waals surface area contributed by atoms with Gasteiger partial charge in [-0.05, 0) is 25.2 Å². The summed E-state index contributed by atoms with van der Waals surface area (Å²) in [5, 5.41) is 9.90. The van der Waals surface area contributed by atoms with E-state index in [0.717, 1.165) is 25.3 Å². The van der Waals surface area contributed by atoms with Crippen LogP contribution in [0.1, 0.15) is 25.7 Å². The number of hydrogen-bond acceptors (Lipinski definition) is 4. The molecule has 5 unspecified atom stereocenters. The Morgan fingerprint density at radius 2 is 2.26 bits per heavy atom. The van der Waals surface area contributed by atoms with Gasteiger partial charge in [-0.1, -0.05) is 6.58 Å². The Labute approximate surface area is 109 Å². The Morgan fingerprint density at radius 1 is 1.53 bits per heavy atom. The second kappa shape index (κ2) is 3.99. The van der Waals surface area contributed by atoms with Crippen LogP contribution < -0.4 is 0 Å². The van der Waals surface area contributed by atoms with Gasteiger partial charge in [0.05, 0.1) is 6.42 Å². The van der Waals surface area contributed by atoms with Crippen molar-refractivity contribution in [1.29, 1.82) is 0 Å². The smallest absolute Gasteiger partial charge is 0.330 e. The first-order valence-electron chi connectivity index (χ1n) is 6.45. The van der Waals surface area contributed by atoms with Crippen LogP contribution in [-0.4, -0.2) is 35.0 Å². The molecule has 0 aromatic carbocycles. The minimum atomic E-state index is -3.02. The van der Waals surface area contributed by atoms with E-state index < -0.39 is 29.9 Å². The quantitative estimate of drug-likeness (QED) is 0.627. The monoisotopic (exact) mass is 274 g/mol. The molecule has 1 heterocycles. The Balaban J connectivity index is 1.93. The number of ether oxygens (including phenoxy) is 2. The number of aliphatic hydroxyl groups is 1. The fraction of sp³-hybridized carbons (Fsp3) is 0.769. The highest BCUT2D eigenvalue weighted by molar-refractivity contribution is 5.81. The summed E-state index contributed by atoms with van der Waals surface area (Å²) in [5.74, 6) is -3.10. The van der Waals surface area contributed by atoms with Crippen LogP contribution >= 0.6 is 0 Å². The van der Waals surface area contributed by atoms with Crippen molar-refractivity contribution in [2.24, 2.45) is 11.8 Å². The molecule has 5 atom stereocenters.